The molecule has 82 valence electrons. The zero-order valence-corrected chi connectivity index (χ0v) is 9.13. The van der Waals surface area contributed by atoms with E-state index in [1.807, 2.05) is 6.07 Å². The van der Waals surface area contributed by atoms with Crippen molar-refractivity contribution in [1.29, 1.82) is 0 Å². The quantitative estimate of drug-likeness (QED) is 0.888. The molecule has 1 N–H and O–H groups in total. The van der Waals surface area contributed by atoms with Crippen LogP contribution in [0.1, 0.15) is 20.1 Å². The molecule has 0 bridgehead atoms. The normalized spacial score (nSPS) is 10.3. The van der Waals surface area contributed by atoms with E-state index in [0.29, 0.717) is 11.3 Å². The van der Waals surface area contributed by atoms with Gasteiger partial charge in [0.1, 0.15) is 10.7 Å². The molecule has 0 unspecified atom stereocenters. The first-order valence-electron chi connectivity index (χ1n) is 4.71. The third-order valence-corrected chi connectivity index (χ3v) is 3.21. The van der Waals surface area contributed by atoms with Crippen LogP contribution in [0.15, 0.2) is 36.4 Å². The third kappa shape index (κ3) is 2.46. The molecule has 1 aromatic heterocycles. The van der Waals surface area contributed by atoms with Gasteiger partial charge in [-0.1, -0.05) is 12.1 Å². The lowest BCUT2D eigenvalue weighted by Gasteiger charge is -1.98. The van der Waals surface area contributed by atoms with Crippen molar-refractivity contribution in [2.75, 3.05) is 0 Å². The summed E-state index contributed by atoms with van der Waals surface area (Å²) < 4.78 is 12.9. The molecule has 0 amide bonds. The average Bonchev–Trinajstić information content (AvgIpc) is 2.66. The van der Waals surface area contributed by atoms with Gasteiger partial charge in [-0.3, -0.25) is 0 Å². The molecular weight excluding hydrogens is 227 g/mol. The van der Waals surface area contributed by atoms with Crippen molar-refractivity contribution < 1.29 is 14.3 Å². The van der Waals surface area contributed by atoms with E-state index in [4.69, 9.17) is 5.11 Å². The molecule has 1 aromatic carbocycles. The Morgan fingerprint density at radius 1 is 1.31 bits per heavy atom. The molecule has 0 saturated heterocycles. The van der Waals surface area contributed by atoms with Crippen LogP contribution >= 0.6 is 11.3 Å². The highest BCUT2D eigenvalue weighted by atomic mass is 32.1. The van der Waals surface area contributed by atoms with Gasteiger partial charge < -0.3 is 5.11 Å². The molecule has 0 radical (unpaired) electrons. The molecule has 0 spiro atoms. The molecule has 4 heteroatoms. The minimum Gasteiger partial charge on any atom is -0.477 e. The van der Waals surface area contributed by atoms with E-state index < -0.39 is 5.97 Å². The highest BCUT2D eigenvalue weighted by molar-refractivity contribution is 7.13. The number of thiophene rings is 1. The number of hydrogen-bond donors (Lipinski definition) is 1. The number of carboxylic acids is 1. The topological polar surface area (TPSA) is 37.3 Å². The van der Waals surface area contributed by atoms with Crippen molar-refractivity contribution in [3.8, 4) is 0 Å². The van der Waals surface area contributed by atoms with Crippen molar-refractivity contribution in [3.63, 3.8) is 0 Å². The Morgan fingerprint density at radius 2 is 2.12 bits per heavy atom. The van der Waals surface area contributed by atoms with Gasteiger partial charge in [0.15, 0.2) is 0 Å². The first-order chi connectivity index (χ1) is 7.65. The number of halogens is 1. The standard InChI is InChI=1S/C12H9FO2S/c13-9-3-1-2-8(6-9)7-10-4-5-11(16-10)12(14)15/h1-6H,7H2,(H,14,15). The van der Waals surface area contributed by atoms with E-state index in [1.54, 1.807) is 18.2 Å². The number of rotatable bonds is 3. The van der Waals surface area contributed by atoms with Gasteiger partial charge in [-0.15, -0.1) is 11.3 Å². The maximum Gasteiger partial charge on any atom is 0.345 e. The summed E-state index contributed by atoms with van der Waals surface area (Å²) in [7, 11) is 0. The van der Waals surface area contributed by atoms with Gasteiger partial charge >= 0.3 is 5.97 Å². The molecule has 0 aliphatic heterocycles. The lowest BCUT2D eigenvalue weighted by molar-refractivity contribution is 0.0702. The fourth-order valence-corrected chi connectivity index (χ4v) is 2.32. The van der Waals surface area contributed by atoms with Crippen LogP contribution in [0, 0.1) is 5.82 Å². The van der Waals surface area contributed by atoms with Gasteiger partial charge in [0.05, 0.1) is 0 Å². The average molecular weight is 236 g/mol. The van der Waals surface area contributed by atoms with E-state index in [1.165, 1.54) is 23.5 Å². The van der Waals surface area contributed by atoms with E-state index in [2.05, 4.69) is 0 Å². The van der Waals surface area contributed by atoms with Crippen LogP contribution in [0.3, 0.4) is 0 Å². The molecule has 1 heterocycles. The fraction of sp³-hybridized carbons (Fsp3) is 0.0833. The predicted molar refractivity (Wildman–Crippen MR) is 60.5 cm³/mol. The summed E-state index contributed by atoms with van der Waals surface area (Å²) >= 11 is 1.22. The van der Waals surface area contributed by atoms with Gasteiger partial charge in [0, 0.05) is 11.3 Å². The second-order valence-corrected chi connectivity index (χ2v) is 4.55. The molecule has 2 aromatic rings. The SMILES string of the molecule is O=C(O)c1ccc(Cc2cccc(F)c2)s1. The molecule has 2 rings (SSSR count). The summed E-state index contributed by atoms with van der Waals surface area (Å²) in [6, 6.07) is 9.65. The van der Waals surface area contributed by atoms with Crippen molar-refractivity contribution >= 4 is 17.3 Å². The first kappa shape index (κ1) is 10.8. The van der Waals surface area contributed by atoms with Gasteiger partial charge in [-0.05, 0) is 29.8 Å². The molecule has 0 atom stereocenters. The second kappa shape index (κ2) is 4.45. The highest BCUT2D eigenvalue weighted by Gasteiger charge is 2.07. The van der Waals surface area contributed by atoms with Crippen LogP contribution in [-0.4, -0.2) is 11.1 Å². The predicted octanol–water partition coefficient (Wildman–Crippen LogP) is 3.18. The minimum absolute atomic E-state index is 0.271. The van der Waals surface area contributed by atoms with Crippen LogP contribution in [0.4, 0.5) is 4.39 Å². The summed E-state index contributed by atoms with van der Waals surface area (Å²) in [5.41, 5.74) is 0.846. The van der Waals surface area contributed by atoms with Crippen LogP contribution < -0.4 is 0 Å². The largest absolute Gasteiger partial charge is 0.477 e. The maximum absolute atomic E-state index is 12.9. The van der Waals surface area contributed by atoms with Crippen LogP contribution in [0.5, 0.6) is 0 Å². The minimum atomic E-state index is -0.921. The number of aromatic carboxylic acids is 1. The Kier molecular flexibility index (Phi) is 3.01. The van der Waals surface area contributed by atoms with Crippen LogP contribution in [0.25, 0.3) is 0 Å². The number of carbonyl (C=O) groups is 1. The lowest BCUT2D eigenvalue weighted by Crippen LogP contribution is -1.89. The Labute approximate surface area is 96.0 Å². The van der Waals surface area contributed by atoms with E-state index in [9.17, 15) is 9.18 Å². The number of hydrogen-bond acceptors (Lipinski definition) is 2. The number of carboxylic acid groups (broad SMARTS) is 1. The van der Waals surface area contributed by atoms with Gasteiger partial charge in [-0.25, -0.2) is 9.18 Å². The van der Waals surface area contributed by atoms with Crippen LogP contribution in [0.2, 0.25) is 0 Å². The Balaban J connectivity index is 2.17. The Bertz CT molecular complexity index is 519. The molecule has 0 fully saturated rings. The molecule has 16 heavy (non-hydrogen) atoms. The Hall–Kier alpha value is -1.68. The second-order valence-electron chi connectivity index (χ2n) is 3.38. The van der Waals surface area contributed by atoms with Crippen molar-refractivity contribution in [2.24, 2.45) is 0 Å². The molecule has 2 nitrogen and oxygen atoms in total. The monoisotopic (exact) mass is 236 g/mol. The molecule has 0 saturated carbocycles. The molecule has 0 aliphatic carbocycles. The first-order valence-corrected chi connectivity index (χ1v) is 5.53. The molecule has 0 aliphatic rings. The van der Waals surface area contributed by atoms with Gasteiger partial charge in [0.25, 0.3) is 0 Å². The summed E-state index contributed by atoms with van der Waals surface area (Å²) in [4.78, 5) is 11.9. The lowest BCUT2D eigenvalue weighted by atomic mass is 10.1. The summed E-state index contributed by atoms with van der Waals surface area (Å²) in [5, 5.41) is 8.76. The third-order valence-electron chi connectivity index (χ3n) is 2.14. The van der Waals surface area contributed by atoms with Gasteiger partial charge in [0.2, 0.25) is 0 Å². The zero-order valence-electron chi connectivity index (χ0n) is 8.31. The van der Waals surface area contributed by atoms with Crippen molar-refractivity contribution in [2.45, 2.75) is 6.42 Å². The fourth-order valence-electron chi connectivity index (χ4n) is 1.44. The van der Waals surface area contributed by atoms with Gasteiger partial charge in [-0.2, -0.15) is 0 Å². The highest BCUT2D eigenvalue weighted by Crippen LogP contribution is 2.20. The zero-order chi connectivity index (χ0) is 11.5. The summed E-state index contributed by atoms with van der Waals surface area (Å²) in [5.74, 6) is -1.19. The van der Waals surface area contributed by atoms with E-state index in [-0.39, 0.29) is 5.82 Å². The summed E-state index contributed by atoms with van der Waals surface area (Å²) in [6.07, 6.45) is 0.565. The van der Waals surface area contributed by atoms with E-state index >= 15 is 0 Å². The smallest absolute Gasteiger partial charge is 0.345 e. The Morgan fingerprint density at radius 3 is 2.75 bits per heavy atom. The maximum atomic E-state index is 12.9. The van der Waals surface area contributed by atoms with E-state index in [0.717, 1.165) is 10.4 Å². The van der Waals surface area contributed by atoms with Crippen LogP contribution in [-0.2, 0) is 6.42 Å². The molecular formula is C12H9FO2S. The summed E-state index contributed by atoms with van der Waals surface area (Å²) in [6.45, 7) is 0. The van der Waals surface area contributed by atoms with Crippen molar-refractivity contribution in [1.82, 2.24) is 0 Å². The number of benzene rings is 1. The van der Waals surface area contributed by atoms with Crippen molar-refractivity contribution in [3.05, 3.63) is 57.5 Å².